The number of hydrogen-bond donors (Lipinski definition) is 0. The lowest BCUT2D eigenvalue weighted by Gasteiger charge is -2.49. The van der Waals surface area contributed by atoms with E-state index in [1.807, 2.05) is 0 Å². The first-order chi connectivity index (χ1) is 27.3. The van der Waals surface area contributed by atoms with Gasteiger partial charge in [-0.05, 0) is 93.0 Å². The molecular formula is C54H47N3. The summed E-state index contributed by atoms with van der Waals surface area (Å²) in [6.45, 7) is 19.3. The van der Waals surface area contributed by atoms with E-state index in [0.717, 1.165) is 0 Å². The van der Waals surface area contributed by atoms with Crippen molar-refractivity contribution in [2.24, 2.45) is 0 Å². The van der Waals surface area contributed by atoms with E-state index in [1.165, 1.54) is 106 Å². The molecular weight excluding hydrogens is 691 g/mol. The van der Waals surface area contributed by atoms with Crippen LogP contribution in [0.25, 0.3) is 27.5 Å². The van der Waals surface area contributed by atoms with Crippen molar-refractivity contribution in [2.45, 2.75) is 77.0 Å². The molecule has 0 unspecified atom stereocenters. The van der Waals surface area contributed by atoms with Crippen molar-refractivity contribution < 1.29 is 0 Å². The first-order valence-electron chi connectivity index (χ1n) is 20.6. The minimum absolute atomic E-state index is 0.124. The van der Waals surface area contributed by atoms with E-state index in [-0.39, 0.29) is 21.7 Å². The van der Waals surface area contributed by atoms with Gasteiger partial charge in [0.25, 0.3) is 0 Å². The van der Waals surface area contributed by atoms with E-state index in [0.29, 0.717) is 0 Å². The number of nitrogens with zero attached hydrogens (tertiary/aromatic N) is 3. The van der Waals surface area contributed by atoms with Crippen molar-refractivity contribution in [1.82, 2.24) is 4.57 Å². The molecule has 0 fully saturated rings. The Morgan fingerprint density at radius 3 is 1.09 bits per heavy atom. The number of aromatic nitrogens is 1. The van der Waals surface area contributed by atoms with Gasteiger partial charge in [-0.15, -0.1) is 0 Å². The predicted molar refractivity (Wildman–Crippen MR) is 239 cm³/mol. The van der Waals surface area contributed by atoms with Gasteiger partial charge < -0.3 is 14.4 Å². The summed E-state index contributed by atoms with van der Waals surface area (Å²) in [4.78, 5) is 5.19. The molecule has 5 heterocycles. The highest BCUT2D eigenvalue weighted by atomic mass is 15.2. The maximum Gasteiger partial charge on any atom is 0.0562 e. The molecule has 3 heteroatoms. The highest BCUT2D eigenvalue weighted by molar-refractivity contribution is 6.14. The van der Waals surface area contributed by atoms with E-state index in [4.69, 9.17) is 0 Å². The second-order valence-corrected chi connectivity index (χ2v) is 19.1. The fourth-order valence-electron chi connectivity index (χ4n) is 11.6. The molecule has 0 spiro atoms. The van der Waals surface area contributed by atoms with Gasteiger partial charge in [0.1, 0.15) is 0 Å². The standard InChI is InChI=1S/C54H47N3/c1-51(2)35-20-12-14-26-43(35)56-47-30-45-33(28-41(47)53(5,6)39-24-16-22-37(51)49(39)56)34-29-42-48(31-46(34)55(45)32-18-10-9-11-19-32)57-44-27-15-13-21-36(44)52(3,4)38-23-17-25-40(50(38)57)54(42,7)8/h9-31H,1-8H3. The molecule has 0 radical (unpaired) electrons. The molecule has 57 heavy (non-hydrogen) atoms. The van der Waals surface area contributed by atoms with E-state index >= 15 is 0 Å². The summed E-state index contributed by atoms with van der Waals surface area (Å²) in [7, 11) is 0. The molecule has 0 N–H and O–H groups in total. The van der Waals surface area contributed by atoms with Gasteiger partial charge in [0, 0.05) is 38.1 Å². The van der Waals surface area contributed by atoms with Crippen molar-refractivity contribution in [3.05, 3.63) is 184 Å². The molecule has 0 amide bonds. The number of rotatable bonds is 1. The van der Waals surface area contributed by atoms with Gasteiger partial charge in [-0.25, -0.2) is 0 Å². The SMILES string of the molecule is CC1(C)c2ccccc2N2c3cc4c(cc3C(C)(C)c3cccc1c32)c1cc2c(cc1n4-c1ccccc1)N1c3ccccc3C(C)(C)c3cccc(c31)C2(C)C. The number of anilines is 6. The molecule has 8 aromatic rings. The Hall–Kier alpha value is -6.06. The van der Waals surface area contributed by atoms with E-state index in [9.17, 15) is 0 Å². The first-order valence-corrected chi connectivity index (χ1v) is 20.6. The van der Waals surface area contributed by atoms with Crippen LogP contribution >= 0.6 is 0 Å². The molecule has 0 saturated carbocycles. The quantitative estimate of drug-likeness (QED) is 0.166. The van der Waals surface area contributed by atoms with Crippen LogP contribution < -0.4 is 9.80 Å². The fraction of sp³-hybridized carbons (Fsp3) is 0.222. The highest BCUT2D eigenvalue weighted by Gasteiger charge is 2.47. The highest BCUT2D eigenvalue weighted by Crippen LogP contribution is 2.63. The van der Waals surface area contributed by atoms with Gasteiger partial charge in [-0.1, -0.05) is 146 Å². The second kappa shape index (κ2) is 10.5. The monoisotopic (exact) mass is 737 g/mol. The molecule has 0 saturated heterocycles. The third kappa shape index (κ3) is 3.88. The van der Waals surface area contributed by atoms with Crippen LogP contribution in [0.4, 0.5) is 34.1 Å². The summed E-state index contributed by atoms with van der Waals surface area (Å²) in [5.41, 5.74) is 21.7. The summed E-state index contributed by atoms with van der Waals surface area (Å²) < 4.78 is 2.54. The molecule has 12 rings (SSSR count). The Morgan fingerprint density at radius 2 is 0.667 bits per heavy atom. The summed E-state index contributed by atoms with van der Waals surface area (Å²) in [6.07, 6.45) is 0. The molecule has 0 aliphatic carbocycles. The fourth-order valence-corrected chi connectivity index (χ4v) is 11.6. The lowest BCUT2D eigenvalue weighted by Crippen LogP contribution is -2.38. The van der Waals surface area contributed by atoms with Crippen molar-refractivity contribution in [2.75, 3.05) is 9.80 Å². The van der Waals surface area contributed by atoms with Crippen LogP contribution in [0.2, 0.25) is 0 Å². The van der Waals surface area contributed by atoms with Gasteiger partial charge in [0.05, 0.1) is 45.2 Å². The van der Waals surface area contributed by atoms with Crippen molar-refractivity contribution in [1.29, 1.82) is 0 Å². The minimum Gasteiger partial charge on any atom is -0.309 e. The smallest absolute Gasteiger partial charge is 0.0562 e. The molecule has 3 nitrogen and oxygen atoms in total. The average Bonchev–Trinajstić information content (AvgIpc) is 3.52. The maximum absolute atomic E-state index is 2.59. The van der Waals surface area contributed by atoms with Gasteiger partial charge >= 0.3 is 0 Å². The van der Waals surface area contributed by atoms with Gasteiger partial charge in [0.15, 0.2) is 0 Å². The zero-order valence-electron chi connectivity index (χ0n) is 34.1. The van der Waals surface area contributed by atoms with Gasteiger partial charge in [-0.2, -0.15) is 0 Å². The van der Waals surface area contributed by atoms with Gasteiger partial charge in [-0.3, -0.25) is 0 Å². The summed E-state index contributed by atoms with van der Waals surface area (Å²) in [6, 6.07) is 53.3. The van der Waals surface area contributed by atoms with Crippen molar-refractivity contribution in [3.63, 3.8) is 0 Å². The Morgan fingerprint density at radius 1 is 0.316 bits per heavy atom. The van der Waals surface area contributed by atoms with Crippen LogP contribution in [0.3, 0.4) is 0 Å². The van der Waals surface area contributed by atoms with Crippen LogP contribution in [0.1, 0.15) is 99.9 Å². The Kier molecular flexibility index (Phi) is 6.08. The normalized spacial score (nSPS) is 18.0. The van der Waals surface area contributed by atoms with Gasteiger partial charge in [0.2, 0.25) is 0 Å². The zero-order chi connectivity index (χ0) is 39.0. The Labute approximate surface area is 335 Å². The molecule has 278 valence electrons. The average molecular weight is 738 g/mol. The van der Waals surface area contributed by atoms with Crippen molar-refractivity contribution >= 4 is 55.9 Å². The second-order valence-electron chi connectivity index (χ2n) is 19.1. The molecule has 7 aromatic carbocycles. The van der Waals surface area contributed by atoms with E-state index < -0.39 is 0 Å². The Balaban J connectivity index is 1.22. The van der Waals surface area contributed by atoms with Crippen LogP contribution in [0.5, 0.6) is 0 Å². The topological polar surface area (TPSA) is 11.4 Å². The molecule has 4 aliphatic heterocycles. The van der Waals surface area contributed by atoms with Crippen LogP contribution in [-0.4, -0.2) is 4.57 Å². The maximum atomic E-state index is 2.59. The van der Waals surface area contributed by atoms with Crippen LogP contribution in [-0.2, 0) is 21.7 Å². The summed E-state index contributed by atoms with van der Waals surface area (Å²) in [5.74, 6) is 0. The molecule has 4 aliphatic rings. The van der Waals surface area contributed by atoms with Crippen LogP contribution in [0.15, 0.2) is 140 Å². The number of hydrogen-bond acceptors (Lipinski definition) is 2. The summed E-state index contributed by atoms with van der Waals surface area (Å²) in [5, 5.41) is 2.59. The lowest BCUT2D eigenvalue weighted by molar-refractivity contribution is 0.597. The number of para-hydroxylation sites is 5. The van der Waals surface area contributed by atoms with Crippen LogP contribution in [0, 0.1) is 0 Å². The predicted octanol–water partition coefficient (Wildman–Crippen LogP) is 14.3. The molecule has 0 bridgehead atoms. The summed E-state index contributed by atoms with van der Waals surface area (Å²) >= 11 is 0. The Bertz CT molecular complexity index is 2890. The molecule has 0 atom stereocenters. The third-order valence-electron chi connectivity index (χ3n) is 14.7. The minimum atomic E-state index is -0.220. The molecule has 1 aromatic heterocycles. The largest absolute Gasteiger partial charge is 0.309 e. The zero-order valence-corrected chi connectivity index (χ0v) is 34.1. The van der Waals surface area contributed by atoms with E-state index in [2.05, 4.69) is 209 Å². The third-order valence-corrected chi connectivity index (χ3v) is 14.7. The number of benzene rings is 7. The van der Waals surface area contributed by atoms with E-state index in [1.54, 1.807) is 0 Å². The number of fused-ring (bicyclic) bond motifs is 11. The lowest BCUT2D eigenvalue weighted by atomic mass is 9.66. The first kappa shape index (κ1) is 33.1. The van der Waals surface area contributed by atoms with Crippen molar-refractivity contribution in [3.8, 4) is 5.69 Å².